The number of nitrogens with zero attached hydrogens (tertiary/aromatic N) is 1. The second-order valence-electron chi connectivity index (χ2n) is 4.75. The Labute approximate surface area is 114 Å². The fourth-order valence-electron chi connectivity index (χ4n) is 1.75. The van der Waals surface area contributed by atoms with Gasteiger partial charge in [-0.2, -0.15) is 5.26 Å². The van der Waals surface area contributed by atoms with Crippen molar-refractivity contribution >= 4 is 5.91 Å². The van der Waals surface area contributed by atoms with E-state index in [1.807, 2.05) is 20.8 Å². The molecule has 0 spiro atoms. The van der Waals surface area contributed by atoms with E-state index < -0.39 is 6.04 Å². The van der Waals surface area contributed by atoms with Crippen molar-refractivity contribution in [1.29, 1.82) is 5.26 Å². The summed E-state index contributed by atoms with van der Waals surface area (Å²) >= 11 is 0. The molecule has 0 aliphatic rings. The summed E-state index contributed by atoms with van der Waals surface area (Å²) in [5.74, 6) is 0.779. The van der Waals surface area contributed by atoms with E-state index in [1.54, 1.807) is 24.3 Å². The van der Waals surface area contributed by atoms with E-state index in [2.05, 4.69) is 11.4 Å². The van der Waals surface area contributed by atoms with Crippen molar-refractivity contribution < 1.29 is 9.53 Å². The van der Waals surface area contributed by atoms with E-state index in [1.165, 1.54) is 0 Å². The molecule has 0 saturated carbocycles. The molecule has 0 unspecified atom stereocenters. The van der Waals surface area contributed by atoms with Gasteiger partial charge in [0.2, 0.25) is 0 Å². The molecule has 0 aliphatic carbocycles. The lowest BCUT2D eigenvalue weighted by molar-refractivity contribution is 0.0941. The molecule has 0 saturated heterocycles. The topological polar surface area (TPSA) is 62.1 Å². The summed E-state index contributed by atoms with van der Waals surface area (Å²) in [7, 11) is 0. The van der Waals surface area contributed by atoms with Gasteiger partial charge in [-0.15, -0.1) is 0 Å². The number of nitriles is 1. The number of hydrogen-bond donors (Lipinski definition) is 1. The van der Waals surface area contributed by atoms with Crippen molar-refractivity contribution in [2.24, 2.45) is 5.92 Å². The second kappa shape index (κ2) is 7.42. The minimum absolute atomic E-state index is 0.242. The van der Waals surface area contributed by atoms with Crippen molar-refractivity contribution in [2.75, 3.05) is 6.61 Å². The van der Waals surface area contributed by atoms with Crippen LogP contribution < -0.4 is 10.1 Å². The molecule has 1 rings (SSSR count). The van der Waals surface area contributed by atoms with Crippen LogP contribution >= 0.6 is 0 Å². The normalized spacial score (nSPS) is 11.7. The van der Waals surface area contributed by atoms with Crippen molar-refractivity contribution in [2.45, 2.75) is 33.2 Å². The first-order valence-electron chi connectivity index (χ1n) is 6.50. The largest absolute Gasteiger partial charge is 0.494 e. The van der Waals surface area contributed by atoms with Crippen LogP contribution in [-0.4, -0.2) is 18.6 Å². The van der Waals surface area contributed by atoms with Gasteiger partial charge in [0.15, 0.2) is 0 Å². The molecular formula is C15H20N2O2. The molecule has 4 heteroatoms. The summed E-state index contributed by atoms with van der Waals surface area (Å²) in [5, 5.41) is 11.7. The lowest BCUT2D eigenvalue weighted by atomic mass is 10.0. The maximum Gasteiger partial charge on any atom is 0.252 e. The number of carbonyl (C=O) groups excluding carboxylic acids is 1. The minimum Gasteiger partial charge on any atom is -0.494 e. The fourth-order valence-corrected chi connectivity index (χ4v) is 1.75. The average Bonchev–Trinajstić information content (AvgIpc) is 2.38. The van der Waals surface area contributed by atoms with Gasteiger partial charge in [0.05, 0.1) is 12.7 Å². The maximum absolute atomic E-state index is 12.0. The van der Waals surface area contributed by atoms with Gasteiger partial charge in [0.1, 0.15) is 11.8 Å². The zero-order valence-electron chi connectivity index (χ0n) is 11.6. The number of hydrogen-bond acceptors (Lipinski definition) is 3. The Hall–Kier alpha value is -2.02. The van der Waals surface area contributed by atoms with E-state index in [-0.39, 0.29) is 5.91 Å². The molecule has 0 heterocycles. The predicted molar refractivity (Wildman–Crippen MR) is 73.9 cm³/mol. The van der Waals surface area contributed by atoms with Gasteiger partial charge in [0.25, 0.3) is 5.91 Å². The van der Waals surface area contributed by atoms with Crippen LogP contribution in [0.25, 0.3) is 0 Å². The van der Waals surface area contributed by atoms with Crippen LogP contribution in [-0.2, 0) is 0 Å². The molecule has 1 aromatic rings. The van der Waals surface area contributed by atoms with E-state index in [0.717, 1.165) is 0 Å². The third-order valence-electron chi connectivity index (χ3n) is 2.58. The summed E-state index contributed by atoms with van der Waals surface area (Å²) in [6, 6.07) is 8.62. The summed E-state index contributed by atoms with van der Waals surface area (Å²) in [4.78, 5) is 12.0. The molecule has 0 aromatic heterocycles. The van der Waals surface area contributed by atoms with Crippen LogP contribution in [0.2, 0.25) is 0 Å². The molecule has 4 nitrogen and oxygen atoms in total. The van der Waals surface area contributed by atoms with Crippen molar-refractivity contribution in [1.82, 2.24) is 5.32 Å². The average molecular weight is 260 g/mol. The number of amides is 1. The van der Waals surface area contributed by atoms with Gasteiger partial charge in [-0.25, -0.2) is 0 Å². The maximum atomic E-state index is 12.0. The summed E-state index contributed by atoms with van der Waals surface area (Å²) in [5.41, 5.74) is 0.509. The molecule has 1 aromatic carbocycles. The smallest absolute Gasteiger partial charge is 0.252 e. The first kappa shape index (κ1) is 15.0. The minimum atomic E-state index is -0.455. The van der Waals surface area contributed by atoms with E-state index in [9.17, 15) is 4.79 Å². The van der Waals surface area contributed by atoms with Crippen LogP contribution in [0.3, 0.4) is 0 Å². The number of benzene rings is 1. The number of carbonyl (C=O) groups is 1. The molecule has 0 bridgehead atoms. The van der Waals surface area contributed by atoms with Gasteiger partial charge >= 0.3 is 0 Å². The fraction of sp³-hybridized carbons (Fsp3) is 0.467. The SMILES string of the molecule is CCOc1cccc(C(=O)N[C@@H](C#N)CC(C)C)c1. The van der Waals surface area contributed by atoms with Crippen LogP contribution in [0.1, 0.15) is 37.6 Å². The van der Waals surface area contributed by atoms with Crippen molar-refractivity contribution in [3.8, 4) is 11.8 Å². The van der Waals surface area contributed by atoms with Gasteiger partial charge in [-0.05, 0) is 37.5 Å². The third-order valence-corrected chi connectivity index (χ3v) is 2.58. The predicted octanol–water partition coefficient (Wildman–Crippen LogP) is 2.75. The van der Waals surface area contributed by atoms with E-state index in [0.29, 0.717) is 30.3 Å². The summed E-state index contributed by atoms with van der Waals surface area (Å²) in [6.07, 6.45) is 0.646. The Bertz CT molecular complexity index is 463. The van der Waals surface area contributed by atoms with Crippen LogP contribution in [0.5, 0.6) is 5.75 Å². The lowest BCUT2D eigenvalue weighted by Gasteiger charge is -2.14. The van der Waals surface area contributed by atoms with Crippen molar-refractivity contribution in [3.63, 3.8) is 0 Å². The molecular weight excluding hydrogens is 240 g/mol. The van der Waals surface area contributed by atoms with Crippen molar-refractivity contribution in [3.05, 3.63) is 29.8 Å². The second-order valence-corrected chi connectivity index (χ2v) is 4.75. The quantitative estimate of drug-likeness (QED) is 0.855. The lowest BCUT2D eigenvalue weighted by Crippen LogP contribution is -2.34. The highest BCUT2D eigenvalue weighted by molar-refractivity contribution is 5.94. The van der Waals surface area contributed by atoms with E-state index in [4.69, 9.17) is 10.00 Å². The van der Waals surface area contributed by atoms with Gasteiger partial charge in [0, 0.05) is 5.56 Å². The third kappa shape index (κ3) is 5.01. The highest BCUT2D eigenvalue weighted by atomic mass is 16.5. The number of rotatable bonds is 6. The molecule has 19 heavy (non-hydrogen) atoms. The molecule has 102 valence electrons. The molecule has 1 atom stereocenters. The monoisotopic (exact) mass is 260 g/mol. The Morgan fingerprint density at radius 2 is 2.21 bits per heavy atom. The molecule has 0 aliphatic heterocycles. The molecule has 0 fully saturated rings. The highest BCUT2D eigenvalue weighted by Gasteiger charge is 2.14. The number of ether oxygens (including phenoxy) is 1. The zero-order chi connectivity index (χ0) is 14.3. The van der Waals surface area contributed by atoms with Crippen LogP contribution in [0.15, 0.2) is 24.3 Å². The van der Waals surface area contributed by atoms with Gasteiger partial charge < -0.3 is 10.1 Å². The summed E-state index contributed by atoms with van der Waals surface area (Å²) in [6.45, 7) is 6.48. The first-order chi connectivity index (χ1) is 9.06. The molecule has 1 N–H and O–H groups in total. The Balaban J connectivity index is 2.72. The number of nitrogens with one attached hydrogen (secondary N) is 1. The zero-order valence-corrected chi connectivity index (χ0v) is 11.6. The Kier molecular flexibility index (Phi) is 5.87. The first-order valence-corrected chi connectivity index (χ1v) is 6.50. The Morgan fingerprint density at radius 1 is 1.47 bits per heavy atom. The Morgan fingerprint density at radius 3 is 2.79 bits per heavy atom. The molecule has 0 radical (unpaired) electrons. The van der Waals surface area contributed by atoms with Crippen LogP contribution in [0, 0.1) is 17.2 Å². The summed E-state index contributed by atoms with van der Waals surface area (Å²) < 4.78 is 5.35. The van der Waals surface area contributed by atoms with Gasteiger partial charge in [-0.1, -0.05) is 19.9 Å². The molecule has 1 amide bonds. The van der Waals surface area contributed by atoms with Crippen LogP contribution in [0.4, 0.5) is 0 Å². The van der Waals surface area contributed by atoms with Gasteiger partial charge in [-0.3, -0.25) is 4.79 Å². The highest BCUT2D eigenvalue weighted by Crippen LogP contribution is 2.13. The standard InChI is InChI=1S/C15H20N2O2/c1-4-19-14-7-5-6-12(9-14)15(18)17-13(10-16)8-11(2)3/h5-7,9,11,13H,4,8H2,1-3H3,(H,17,18)/t13-/m1/s1. The van der Waals surface area contributed by atoms with E-state index >= 15 is 0 Å².